The first-order chi connectivity index (χ1) is 9.06. The zero-order valence-electron chi connectivity index (χ0n) is 11.1. The molecule has 6 heteroatoms. The topological polar surface area (TPSA) is 58.2 Å². The number of aromatic nitrogens is 2. The van der Waals surface area contributed by atoms with Crippen LogP contribution in [0.5, 0.6) is 0 Å². The third-order valence-corrected chi connectivity index (χ3v) is 4.43. The molecule has 1 saturated carbocycles. The van der Waals surface area contributed by atoms with Gasteiger partial charge in [-0.25, -0.2) is 0 Å². The predicted molar refractivity (Wildman–Crippen MR) is 74.2 cm³/mol. The van der Waals surface area contributed by atoms with Gasteiger partial charge in [0, 0.05) is 19.0 Å². The molecule has 1 saturated heterocycles. The van der Waals surface area contributed by atoms with Crippen molar-refractivity contribution in [2.75, 3.05) is 13.1 Å². The van der Waals surface area contributed by atoms with Gasteiger partial charge < -0.3 is 9.64 Å². The van der Waals surface area contributed by atoms with Gasteiger partial charge in [0.1, 0.15) is 0 Å². The maximum atomic E-state index is 12.5. The first kappa shape index (κ1) is 13.1. The number of morpholine rings is 1. The summed E-state index contributed by atoms with van der Waals surface area (Å²) in [5.41, 5.74) is 1.57. The summed E-state index contributed by atoms with van der Waals surface area (Å²) in [6.07, 6.45) is 2.52. The summed E-state index contributed by atoms with van der Waals surface area (Å²) in [5.74, 6) is 0.531. The molecule has 1 aromatic heterocycles. The lowest BCUT2D eigenvalue weighted by Gasteiger charge is -2.34. The van der Waals surface area contributed by atoms with Crippen molar-refractivity contribution in [2.24, 2.45) is 0 Å². The fourth-order valence-electron chi connectivity index (χ4n) is 2.62. The fourth-order valence-corrected chi connectivity index (χ4v) is 3.29. The highest BCUT2D eigenvalue weighted by Crippen LogP contribution is 2.43. The molecule has 3 rings (SSSR count). The van der Waals surface area contributed by atoms with Crippen LogP contribution < -0.4 is 0 Å². The summed E-state index contributed by atoms with van der Waals surface area (Å²) in [6.45, 7) is 5.23. The molecule has 19 heavy (non-hydrogen) atoms. The molecule has 0 aromatic carbocycles. The average Bonchev–Trinajstić information content (AvgIpc) is 3.11. The summed E-state index contributed by atoms with van der Waals surface area (Å²) < 4.78 is 6.49. The molecule has 1 aliphatic carbocycles. The molecule has 104 valence electrons. The van der Waals surface area contributed by atoms with Crippen LogP contribution in [-0.2, 0) is 4.74 Å². The zero-order valence-corrected chi connectivity index (χ0v) is 12.7. The van der Waals surface area contributed by atoms with E-state index in [1.54, 1.807) is 0 Å². The van der Waals surface area contributed by atoms with E-state index in [9.17, 15) is 4.79 Å². The quantitative estimate of drug-likeness (QED) is 0.906. The number of H-pyrrole nitrogens is 1. The average molecular weight is 328 g/mol. The summed E-state index contributed by atoms with van der Waals surface area (Å²) >= 11 is 3.52. The second-order valence-corrected chi connectivity index (χ2v) is 6.33. The molecule has 1 aliphatic heterocycles. The van der Waals surface area contributed by atoms with E-state index in [-0.39, 0.29) is 18.1 Å². The van der Waals surface area contributed by atoms with Gasteiger partial charge in [-0.2, -0.15) is 5.10 Å². The Morgan fingerprint density at radius 2 is 2.00 bits per heavy atom. The Labute approximate surface area is 120 Å². The first-order valence-electron chi connectivity index (χ1n) is 6.74. The molecule has 1 aromatic rings. The Morgan fingerprint density at radius 1 is 1.37 bits per heavy atom. The number of carbonyl (C=O) groups excluding carboxylic acids is 1. The van der Waals surface area contributed by atoms with Gasteiger partial charge >= 0.3 is 0 Å². The number of amides is 1. The lowest BCUT2D eigenvalue weighted by atomic mass is 10.2. The van der Waals surface area contributed by atoms with Crippen LogP contribution in [0.15, 0.2) is 4.47 Å². The van der Waals surface area contributed by atoms with E-state index in [0.29, 0.717) is 24.7 Å². The largest absolute Gasteiger partial charge is 0.372 e. The summed E-state index contributed by atoms with van der Waals surface area (Å²) in [6, 6.07) is 0. The Morgan fingerprint density at radius 3 is 2.58 bits per heavy atom. The highest BCUT2D eigenvalue weighted by atomic mass is 79.9. The number of nitrogens with zero attached hydrogens (tertiary/aromatic N) is 2. The smallest absolute Gasteiger partial charge is 0.275 e. The van der Waals surface area contributed by atoms with E-state index in [1.165, 1.54) is 12.8 Å². The van der Waals surface area contributed by atoms with Crippen molar-refractivity contribution in [2.45, 2.75) is 44.8 Å². The number of hydrogen-bond acceptors (Lipinski definition) is 3. The van der Waals surface area contributed by atoms with Crippen molar-refractivity contribution >= 4 is 21.8 Å². The number of rotatable bonds is 2. The second kappa shape index (κ2) is 4.90. The molecule has 0 unspecified atom stereocenters. The number of halogens is 1. The molecule has 2 aliphatic rings. The van der Waals surface area contributed by atoms with Gasteiger partial charge in [-0.3, -0.25) is 9.89 Å². The van der Waals surface area contributed by atoms with E-state index >= 15 is 0 Å². The van der Waals surface area contributed by atoms with E-state index in [1.807, 2.05) is 18.7 Å². The highest BCUT2D eigenvalue weighted by Gasteiger charge is 2.33. The lowest BCUT2D eigenvalue weighted by molar-refractivity contribution is -0.0587. The highest BCUT2D eigenvalue weighted by molar-refractivity contribution is 9.10. The van der Waals surface area contributed by atoms with Gasteiger partial charge in [-0.1, -0.05) is 0 Å². The van der Waals surface area contributed by atoms with Crippen LogP contribution in [-0.4, -0.2) is 46.3 Å². The Balaban J connectivity index is 1.79. The third kappa shape index (κ3) is 2.56. The third-order valence-electron chi connectivity index (χ3n) is 3.63. The van der Waals surface area contributed by atoms with Crippen LogP contribution >= 0.6 is 15.9 Å². The minimum Gasteiger partial charge on any atom is -0.372 e. The Hall–Kier alpha value is -0.880. The van der Waals surface area contributed by atoms with Gasteiger partial charge in [0.05, 0.1) is 22.4 Å². The maximum absolute atomic E-state index is 12.5. The van der Waals surface area contributed by atoms with Gasteiger partial charge in [0.2, 0.25) is 0 Å². The van der Waals surface area contributed by atoms with Crippen molar-refractivity contribution in [1.29, 1.82) is 0 Å². The molecule has 2 atom stereocenters. The van der Waals surface area contributed by atoms with Crippen LogP contribution in [0.4, 0.5) is 0 Å². The van der Waals surface area contributed by atoms with Crippen molar-refractivity contribution in [3.8, 4) is 0 Å². The Kier molecular flexibility index (Phi) is 3.39. The molecule has 5 nitrogen and oxygen atoms in total. The maximum Gasteiger partial charge on any atom is 0.275 e. The molecular weight excluding hydrogens is 310 g/mol. The number of aromatic amines is 1. The molecule has 0 radical (unpaired) electrons. The van der Waals surface area contributed by atoms with Crippen LogP contribution in [0.25, 0.3) is 0 Å². The minimum absolute atomic E-state index is 0.0166. The summed E-state index contributed by atoms with van der Waals surface area (Å²) in [5, 5.41) is 7.20. The van der Waals surface area contributed by atoms with Gasteiger partial charge in [-0.15, -0.1) is 0 Å². The number of carbonyl (C=O) groups is 1. The number of hydrogen-bond donors (Lipinski definition) is 1. The van der Waals surface area contributed by atoms with Crippen molar-refractivity contribution in [3.63, 3.8) is 0 Å². The van der Waals surface area contributed by atoms with Crippen LogP contribution in [0.3, 0.4) is 0 Å². The predicted octanol–water partition coefficient (Wildman–Crippen LogP) is 2.30. The molecule has 0 spiro atoms. The van der Waals surface area contributed by atoms with Crippen molar-refractivity contribution in [3.05, 3.63) is 15.9 Å². The summed E-state index contributed by atoms with van der Waals surface area (Å²) in [7, 11) is 0. The standard InChI is InChI=1S/C13H18BrN3O2/c1-7-5-17(6-8(2)19-7)13(18)12-10(14)11(15-16-12)9-3-4-9/h7-9H,3-6H2,1-2H3,(H,15,16)/t7-,8-/m0/s1. The van der Waals surface area contributed by atoms with E-state index in [2.05, 4.69) is 26.1 Å². The SMILES string of the molecule is C[C@H]1CN(C(=O)c2n[nH]c(C3CC3)c2Br)C[C@H](C)O1. The molecule has 2 fully saturated rings. The molecule has 1 amide bonds. The lowest BCUT2D eigenvalue weighted by Crippen LogP contribution is -2.48. The molecule has 1 N–H and O–H groups in total. The molecule has 0 bridgehead atoms. The fraction of sp³-hybridized carbons (Fsp3) is 0.692. The minimum atomic E-state index is -0.0166. The van der Waals surface area contributed by atoms with E-state index in [0.717, 1.165) is 10.2 Å². The van der Waals surface area contributed by atoms with Crippen molar-refractivity contribution in [1.82, 2.24) is 15.1 Å². The first-order valence-corrected chi connectivity index (χ1v) is 7.54. The van der Waals surface area contributed by atoms with Gasteiger partial charge in [-0.05, 0) is 42.6 Å². The van der Waals surface area contributed by atoms with E-state index in [4.69, 9.17) is 4.74 Å². The van der Waals surface area contributed by atoms with Crippen LogP contribution in [0, 0.1) is 0 Å². The molecule has 2 heterocycles. The van der Waals surface area contributed by atoms with Crippen LogP contribution in [0.1, 0.15) is 48.8 Å². The number of nitrogens with one attached hydrogen (secondary N) is 1. The van der Waals surface area contributed by atoms with E-state index < -0.39 is 0 Å². The monoisotopic (exact) mass is 327 g/mol. The van der Waals surface area contributed by atoms with Gasteiger partial charge in [0.25, 0.3) is 5.91 Å². The van der Waals surface area contributed by atoms with Crippen molar-refractivity contribution < 1.29 is 9.53 Å². The number of ether oxygens (including phenoxy) is 1. The normalized spacial score (nSPS) is 27.6. The second-order valence-electron chi connectivity index (χ2n) is 5.54. The summed E-state index contributed by atoms with van der Waals surface area (Å²) in [4.78, 5) is 14.4. The molecular formula is C13H18BrN3O2. The van der Waals surface area contributed by atoms with Crippen LogP contribution in [0.2, 0.25) is 0 Å². The zero-order chi connectivity index (χ0) is 13.6. The van der Waals surface area contributed by atoms with Gasteiger partial charge in [0.15, 0.2) is 5.69 Å². The Bertz CT molecular complexity index is 488.